The molecule has 0 heterocycles. The fourth-order valence-electron chi connectivity index (χ4n) is 2.25. The zero-order valence-electron chi connectivity index (χ0n) is 11.5. The molecule has 5 heteroatoms. The second kappa shape index (κ2) is 6.06. The van der Waals surface area contributed by atoms with Crippen LogP contribution in [0.3, 0.4) is 0 Å². The maximum atomic E-state index is 11.9. The molecule has 0 aliphatic rings. The summed E-state index contributed by atoms with van der Waals surface area (Å²) in [6.45, 7) is 1.79. The third kappa shape index (κ3) is 3.11. The van der Waals surface area contributed by atoms with E-state index in [1.807, 2.05) is 0 Å². The van der Waals surface area contributed by atoms with E-state index in [1.165, 1.54) is 12.1 Å². The summed E-state index contributed by atoms with van der Waals surface area (Å²) in [6, 6.07) is 13.1. The number of phenolic OH excluding ortho intramolecular Hbond substituents is 1. The molecule has 0 radical (unpaired) electrons. The summed E-state index contributed by atoms with van der Waals surface area (Å²) in [5.41, 5.74) is -0.0895. The summed E-state index contributed by atoms with van der Waals surface area (Å²) in [5, 5.41) is 22.7. The summed E-state index contributed by atoms with van der Waals surface area (Å²) in [6.07, 6.45) is 0.333. The predicted octanol–water partition coefficient (Wildman–Crippen LogP) is 3.85. The molecule has 0 spiro atoms. The van der Waals surface area contributed by atoms with Gasteiger partial charge in [-0.05, 0) is 42.3 Å². The first-order valence-electron chi connectivity index (χ1n) is 6.54. The lowest BCUT2D eigenvalue weighted by Gasteiger charge is -2.31. The zero-order chi connectivity index (χ0) is 15.5. The van der Waals surface area contributed by atoms with Gasteiger partial charge >= 0.3 is 5.97 Å². The van der Waals surface area contributed by atoms with Crippen molar-refractivity contribution < 1.29 is 15.0 Å². The van der Waals surface area contributed by atoms with Crippen molar-refractivity contribution in [2.45, 2.75) is 18.9 Å². The molecule has 0 saturated heterocycles. The third-order valence-corrected chi connectivity index (χ3v) is 3.67. The number of nitrogens with one attached hydrogen (secondary N) is 1. The lowest BCUT2D eigenvalue weighted by atomic mass is 9.86. The molecule has 2 rings (SSSR count). The quantitative estimate of drug-likeness (QED) is 0.785. The molecule has 110 valence electrons. The fourth-order valence-corrected chi connectivity index (χ4v) is 2.44. The van der Waals surface area contributed by atoms with Gasteiger partial charge in [0.1, 0.15) is 5.75 Å². The molecule has 0 fully saturated rings. The van der Waals surface area contributed by atoms with E-state index in [1.54, 1.807) is 43.3 Å². The van der Waals surface area contributed by atoms with E-state index in [4.69, 9.17) is 11.6 Å². The number of aliphatic carboxylic acids is 1. The van der Waals surface area contributed by atoms with E-state index in [0.717, 1.165) is 0 Å². The summed E-state index contributed by atoms with van der Waals surface area (Å²) in [5.74, 6) is -0.896. The standard InChI is InChI=1S/C16H16ClNO3/c1-2-16(15(20)21,11-6-8-14(19)9-7-11)18-13-5-3-4-12(17)10-13/h3-10,18-19H,2H2,1H3,(H,20,21). The van der Waals surface area contributed by atoms with Crippen LogP contribution in [-0.4, -0.2) is 16.2 Å². The topological polar surface area (TPSA) is 69.6 Å². The van der Waals surface area contributed by atoms with Gasteiger partial charge in [0.25, 0.3) is 0 Å². The van der Waals surface area contributed by atoms with Gasteiger partial charge in [-0.2, -0.15) is 0 Å². The molecule has 4 nitrogen and oxygen atoms in total. The average molecular weight is 306 g/mol. The smallest absolute Gasteiger partial charge is 0.334 e. The molecule has 0 saturated carbocycles. The van der Waals surface area contributed by atoms with E-state index in [-0.39, 0.29) is 5.75 Å². The Bertz CT molecular complexity index is 642. The Hall–Kier alpha value is -2.20. The maximum absolute atomic E-state index is 11.9. The summed E-state index contributed by atoms with van der Waals surface area (Å²) >= 11 is 5.94. The fraction of sp³-hybridized carbons (Fsp3) is 0.188. The molecule has 0 amide bonds. The lowest BCUT2D eigenvalue weighted by molar-refractivity contribution is -0.142. The van der Waals surface area contributed by atoms with Gasteiger partial charge in [-0.3, -0.25) is 0 Å². The number of hydrogen-bond donors (Lipinski definition) is 3. The van der Waals surface area contributed by atoms with Crippen molar-refractivity contribution in [3.05, 3.63) is 59.1 Å². The Morgan fingerprint density at radius 1 is 1.24 bits per heavy atom. The van der Waals surface area contributed by atoms with Gasteiger partial charge in [0.05, 0.1) is 0 Å². The summed E-state index contributed by atoms with van der Waals surface area (Å²) in [7, 11) is 0. The molecular formula is C16H16ClNO3. The Labute approximate surface area is 128 Å². The molecule has 3 N–H and O–H groups in total. The van der Waals surface area contributed by atoms with Crippen molar-refractivity contribution in [1.29, 1.82) is 0 Å². The number of hydrogen-bond acceptors (Lipinski definition) is 3. The van der Waals surface area contributed by atoms with Crippen LogP contribution < -0.4 is 5.32 Å². The number of aromatic hydroxyl groups is 1. The minimum Gasteiger partial charge on any atom is -0.508 e. The zero-order valence-corrected chi connectivity index (χ0v) is 12.3. The Morgan fingerprint density at radius 3 is 2.43 bits per heavy atom. The van der Waals surface area contributed by atoms with Crippen LogP contribution in [0.4, 0.5) is 5.69 Å². The van der Waals surface area contributed by atoms with Crippen molar-refractivity contribution in [2.75, 3.05) is 5.32 Å². The van der Waals surface area contributed by atoms with E-state index in [0.29, 0.717) is 22.7 Å². The van der Waals surface area contributed by atoms with Crippen molar-refractivity contribution in [2.24, 2.45) is 0 Å². The number of phenols is 1. The Balaban J connectivity index is 2.46. The first-order valence-corrected chi connectivity index (χ1v) is 6.92. The monoisotopic (exact) mass is 305 g/mol. The molecule has 2 aromatic carbocycles. The summed E-state index contributed by atoms with van der Waals surface area (Å²) in [4.78, 5) is 11.9. The number of carbonyl (C=O) groups is 1. The van der Waals surface area contributed by atoms with Crippen LogP contribution in [-0.2, 0) is 10.3 Å². The van der Waals surface area contributed by atoms with Crippen LogP contribution in [0.25, 0.3) is 0 Å². The Kier molecular flexibility index (Phi) is 4.38. The molecule has 0 bridgehead atoms. The molecule has 0 aliphatic heterocycles. The van der Waals surface area contributed by atoms with Gasteiger partial charge in [-0.25, -0.2) is 4.79 Å². The van der Waals surface area contributed by atoms with Gasteiger partial charge in [0.15, 0.2) is 5.54 Å². The largest absolute Gasteiger partial charge is 0.508 e. The van der Waals surface area contributed by atoms with Crippen LogP contribution >= 0.6 is 11.6 Å². The first kappa shape index (κ1) is 15.2. The highest BCUT2D eigenvalue weighted by Crippen LogP contribution is 2.32. The van der Waals surface area contributed by atoms with Crippen molar-refractivity contribution in [3.63, 3.8) is 0 Å². The molecule has 1 atom stereocenters. The molecule has 2 aromatic rings. The van der Waals surface area contributed by atoms with E-state index in [9.17, 15) is 15.0 Å². The number of rotatable bonds is 5. The van der Waals surface area contributed by atoms with E-state index >= 15 is 0 Å². The Morgan fingerprint density at radius 2 is 1.90 bits per heavy atom. The van der Waals surface area contributed by atoms with Gasteiger partial charge in [-0.15, -0.1) is 0 Å². The average Bonchev–Trinajstić information content (AvgIpc) is 2.45. The second-order valence-electron chi connectivity index (χ2n) is 4.75. The van der Waals surface area contributed by atoms with Crippen molar-refractivity contribution in [1.82, 2.24) is 0 Å². The number of benzene rings is 2. The molecular weight excluding hydrogens is 290 g/mol. The second-order valence-corrected chi connectivity index (χ2v) is 5.18. The molecule has 1 unspecified atom stereocenters. The third-order valence-electron chi connectivity index (χ3n) is 3.44. The number of anilines is 1. The maximum Gasteiger partial charge on any atom is 0.334 e. The van der Waals surface area contributed by atoms with Crippen LogP contribution in [0.2, 0.25) is 5.02 Å². The van der Waals surface area contributed by atoms with Crippen LogP contribution in [0, 0.1) is 0 Å². The minimum absolute atomic E-state index is 0.0943. The van der Waals surface area contributed by atoms with Gasteiger partial charge in [0, 0.05) is 10.7 Å². The van der Waals surface area contributed by atoms with Crippen LogP contribution in [0.5, 0.6) is 5.75 Å². The highest BCUT2D eigenvalue weighted by Gasteiger charge is 2.38. The number of carboxylic acid groups (broad SMARTS) is 1. The van der Waals surface area contributed by atoms with Gasteiger partial charge in [0.2, 0.25) is 0 Å². The SMILES string of the molecule is CCC(Nc1cccc(Cl)c1)(C(=O)O)c1ccc(O)cc1. The van der Waals surface area contributed by atoms with E-state index in [2.05, 4.69) is 5.32 Å². The normalized spacial score (nSPS) is 13.4. The van der Waals surface area contributed by atoms with Crippen molar-refractivity contribution >= 4 is 23.3 Å². The molecule has 0 aliphatic carbocycles. The first-order chi connectivity index (χ1) is 9.98. The predicted molar refractivity (Wildman–Crippen MR) is 82.8 cm³/mol. The van der Waals surface area contributed by atoms with Crippen LogP contribution in [0.15, 0.2) is 48.5 Å². The highest BCUT2D eigenvalue weighted by molar-refractivity contribution is 6.30. The van der Waals surface area contributed by atoms with Crippen molar-refractivity contribution in [3.8, 4) is 5.75 Å². The highest BCUT2D eigenvalue weighted by atomic mass is 35.5. The van der Waals surface area contributed by atoms with Gasteiger partial charge in [-0.1, -0.05) is 36.7 Å². The van der Waals surface area contributed by atoms with E-state index < -0.39 is 11.5 Å². The number of halogens is 1. The number of carboxylic acids is 1. The van der Waals surface area contributed by atoms with Gasteiger partial charge < -0.3 is 15.5 Å². The van der Waals surface area contributed by atoms with Crippen LogP contribution in [0.1, 0.15) is 18.9 Å². The molecule has 0 aromatic heterocycles. The summed E-state index contributed by atoms with van der Waals surface area (Å²) < 4.78 is 0. The lowest BCUT2D eigenvalue weighted by Crippen LogP contribution is -2.43. The molecule has 21 heavy (non-hydrogen) atoms. The minimum atomic E-state index is -1.28.